The molecule has 0 spiro atoms. The van der Waals surface area contributed by atoms with Crippen LogP contribution in [0.2, 0.25) is 0 Å². The van der Waals surface area contributed by atoms with Crippen molar-refractivity contribution >= 4 is 27.3 Å². The zero-order valence-electron chi connectivity index (χ0n) is 8.96. The highest BCUT2D eigenvalue weighted by atomic mass is 79.9. The second kappa shape index (κ2) is 7.35. The molecule has 3 nitrogen and oxygen atoms in total. The maximum Gasteiger partial charge on any atom is 0.0701 e. The quantitative estimate of drug-likeness (QED) is 0.784. The van der Waals surface area contributed by atoms with Crippen LogP contribution in [0.4, 0.5) is 0 Å². The number of ether oxygens (including phenoxy) is 2. The number of halogens is 1. The van der Waals surface area contributed by atoms with Gasteiger partial charge in [-0.3, -0.25) is 0 Å². The molecule has 15 heavy (non-hydrogen) atoms. The summed E-state index contributed by atoms with van der Waals surface area (Å²) in [5.74, 6) is 0. The van der Waals surface area contributed by atoms with E-state index in [2.05, 4.69) is 32.0 Å². The molecule has 1 aromatic rings. The average molecular weight is 294 g/mol. The van der Waals surface area contributed by atoms with Crippen LogP contribution in [0.25, 0.3) is 0 Å². The van der Waals surface area contributed by atoms with Crippen LogP contribution in [0.1, 0.15) is 11.6 Å². The third-order valence-electron chi connectivity index (χ3n) is 2.08. The molecule has 5 heteroatoms. The van der Waals surface area contributed by atoms with Crippen molar-refractivity contribution in [1.29, 1.82) is 0 Å². The maximum absolute atomic E-state index is 5.50. The molecule has 0 aromatic carbocycles. The molecule has 0 amide bonds. The Morgan fingerprint density at radius 3 is 2.80 bits per heavy atom. The van der Waals surface area contributed by atoms with Crippen LogP contribution in [-0.4, -0.2) is 34.0 Å². The van der Waals surface area contributed by atoms with Crippen molar-refractivity contribution in [3.8, 4) is 0 Å². The van der Waals surface area contributed by atoms with Crippen LogP contribution >= 0.6 is 27.3 Å². The lowest BCUT2D eigenvalue weighted by atomic mass is 10.2. The lowest BCUT2D eigenvalue weighted by Gasteiger charge is -2.15. The summed E-state index contributed by atoms with van der Waals surface area (Å²) in [5, 5.41) is 7.44. The van der Waals surface area contributed by atoms with Gasteiger partial charge in [0.15, 0.2) is 0 Å². The highest BCUT2D eigenvalue weighted by Crippen LogP contribution is 2.27. The first-order valence-electron chi connectivity index (χ1n) is 4.75. The van der Waals surface area contributed by atoms with Crippen LogP contribution in [0, 0.1) is 0 Å². The Morgan fingerprint density at radius 2 is 2.27 bits per heavy atom. The Morgan fingerprint density at radius 1 is 1.47 bits per heavy atom. The van der Waals surface area contributed by atoms with E-state index < -0.39 is 0 Å². The van der Waals surface area contributed by atoms with E-state index in [0.29, 0.717) is 19.8 Å². The smallest absolute Gasteiger partial charge is 0.0701 e. The molecule has 1 rings (SSSR count). The summed E-state index contributed by atoms with van der Waals surface area (Å²) in [7, 11) is 3.61. The summed E-state index contributed by atoms with van der Waals surface area (Å²) in [4.78, 5) is 0. The van der Waals surface area contributed by atoms with Crippen molar-refractivity contribution in [2.75, 3.05) is 34.0 Å². The number of nitrogens with one attached hydrogen (secondary N) is 1. The molecule has 1 unspecified atom stereocenters. The van der Waals surface area contributed by atoms with Crippen LogP contribution in [0.15, 0.2) is 15.2 Å². The molecule has 0 bridgehead atoms. The van der Waals surface area contributed by atoms with Gasteiger partial charge in [0.1, 0.15) is 0 Å². The molecule has 0 fully saturated rings. The van der Waals surface area contributed by atoms with E-state index in [1.165, 1.54) is 5.56 Å². The molecule has 1 aromatic heterocycles. The van der Waals surface area contributed by atoms with Crippen LogP contribution in [0.3, 0.4) is 0 Å². The van der Waals surface area contributed by atoms with E-state index in [4.69, 9.17) is 9.47 Å². The molecular formula is C10H16BrNO2S. The third-order valence-corrected chi connectivity index (χ3v) is 3.83. The van der Waals surface area contributed by atoms with E-state index in [9.17, 15) is 0 Å². The first-order valence-corrected chi connectivity index (χ1v) is 6.48. The predicted octanol–water partition coefficient (Wildman–Crippen LogP) is 2.43. The third kappa shape index (κ3) is 4.20. The Balaban J connectivity index is 2.39. The summed E-state index contributed by atoms with van der Waals surface area (Å²) in [6.45, 7) is 1.94. The molecule has 0 saturated heterocycles. The summed E-state index contributed by atoms with van der Waals surface area (Å²) < 4.78 is 11.6. The van der Waals surface area contributed by atoms with Gasteiger partial charge < -0.3 is 14.8 Å². The lowest BCUT2D eigenvalue weighted by Crippen LogP contribution is -2.22. The van der Waals surface area contributed by atoms with Gasteiger partial charge in [-0.2, -0.15) is 11.3 Å². The van der Waals surface area contributed by atoms with Crippen molar-refractivity contribution in [2.45, 2.75) is 6.04 Å². The zero-order chi connectivity index (χ0) is 11.1. The van der Waals surface area contributed by atoms with Gasteiger partial charge in [0, 0.05) is 17.0 Å². The fourth-order valence-electron chi connectivity index (χ4n) is 1.21. The minimum absolute atomic E-state index is 0.238. The number of methoxy groups -OCH3 is 1. The average Bonchev–Trinajstić information content (AvgIpc) is 2.65. The number of rotatable bonds is 7. The summed E-state index contributed by atoms with van der Waals surface area (Å²) in [6, 6.07) is 0.238. The highest BCUT2D eigenvalue weighted by molar-refractivity contribution is 9.10. The molecule has 0 radical (unpaired) electrons. The lowest BCUT2D eigenvalue weighted by molar-refractivity contribution is 0.0596. The Bertz CT molecular complexity index is 280. The fourth-order valence-corrected chi connectivity index (χ4v) is 2.84. The number of hydrogen-bond donors (Lipinski definition) is 1. The van der Waals surface area contributed by atoms with Crippen molar-refractivity contribution in [3.63, 3.8) is 0 Å². The summed E-state index contributed by atoms with van der Waals surface area (Å²) >= 11 is 5.21. The Hall–Kier alpha value is 0.0600. The van der Waals surface area contributed by atoms with E-state index in [0.717, 1.165) is 4.47 Å². The largest absolute Gasteiger partial charge is 0.382 e. The minimum Gasteiger partial charge on any atom is -0.382 e. The first-order chi connectivity index (χ1) is 7.29. The molecular weight excluding hydrogens is 278 g/mol. The summed E-state index contributed by atoms with van der Waals surface area (Å²) in [5.41, 5.74) is 1.25. The SMILES string of the molecule is CNC(COCCOC)c1cscc1Br. The molecule has 1 atom stereocenters. The minimum atomic E-state index is 0.238. The topological polar surface area (TPSA) is 30.5 Å². The Labute approximate surface area is 103 Å². The van der Waals surface area contributed by atoms with Crippen molar-refractivity contribution < 1.29 is 9.47 Å². The molecule has 0 aliphatic carbocycles. The van der Waals surface area contributed by atoms with Gasteiger partial charge in [-0.05, 0) is 33.9 Å². The standard InChI is InChI=1S/C10H16BrNO2S/c1-12-10(5-14-4-3-13-2)8-6-15-7-9(8)11/h6-7,10,12H,3-5H2,1-2H3. The molecule has 0 saturated carbocycles. The van der Waals surface area contributed by atoms with E-state index in [1.54, 1.807) is 18.4 Å². The van der Waals surface area contributed by atoms with Crippen LogP contribution in [-0.2, 0) is 9.47 Å². The van der Waals surface area contributed by atoms with Crippen LogP contribution < -0.4 is 5.32 Å². The second-order valence-corrected chi connectivity index (χ2v) is 4.68. The molecule has 1 N–H and O–H groups in total. The van der Waals surface area contributed by atoms with Crippen molar-refractivity contribution in [3.05, 3.63) is 20.8 Å². The molecule has 1 heterocycles. The van der Waals surface area contributed by atoms with Gasteiger partial charge in [-0.25, -0.2) is 0 Å². The fraction of sp³-hybridized carbons (Fsp3) is 0.600. The predicted molar refractivity (Wildman–Crippen MR) is 66.5 cm³/mol. The van der Waals surface area contributed by atoms with Gasteiger partial charge >= 0.3 is 0 Å². The molecule has 0 aliphatic rings. The second-order valence-electron chi connectivity index (χ2n) is 3.08. The van der Waals surface area contributed by atoms with Crippen molar-refractivity contribution in [1.82, 2.24) is 5.32 Å². The van der Waals surface area contributed by atoms with Crippen molar-refractivity contribution in [2.24, 2.45) is 0 Å². The van der Waals surface area contributed by atoms with Gasteiger partial charge in [-0.1, -0.05) is 0 Å². The number of thiophene rings is 1. The van der Waals surface area contributed by atoms with E-state index in [1.807, 2.05) is 7.05 Å². The number of likely N-dealkylation sites (N-methyl/N-ethyl adjacent to an activating group) is 1. The number of hydrogen-bond acceptors (Lipinski definition) is 4. The summed E-state index contributed by atoms with van der Waals surface area (Å²) in [6.07, 6.45) is 0. The van der Waals surface area contributed by atoms with Gasteiger partial charge in [-0.15, -0.1) is 0 Å². The first kappa shape index (κ1) is 13.1. The Kier molecular flexibility index (Phi) is 6.43. The van der Waals surface area contributed by atoms with Crippen LogP contribution in [0.5, 0.6) is 0 Å². The van der Waals surface area contributed by atoms with Gasteiger partial charge in [0.2, 0.25) is 0 Å². The molecule has 0 aliphatic heterocycles. The van der Waals surface area contributed by atoms with E-state index in [-0.39, 0.29) is 6.04 Å². The monoisotopic (exact) mass is 293 g/mol. The zero-order valence-corrected chi connectivity index (χ0v) is 11.4. The maximum atomic E-state index is 5.50. The normalized spacial score (nSPS) is 13.0. The van der Waals surface area contributed by atoms with Gasteiger partial charge in [0.25, 0.3) is 0 Å². The van der Waals surface area contributed by atoms with Gasteiger partial charge in [0.05, 0.1) is 25.9 Å². The van der Waals surface area contributed by atoms with E-state index >= 15 is 0 Å². The molecule has 86 valence electrons. The highest BCUT2D eigenvalue weighted by Gasteiger charge is 2.13.